The summed E-state index contributed by atoms with van der Waals surface area (Å²) in [7, 11) is 3.90. The van der Waals surface area contributed by atoms with Gasteiger partial charge in [-0.2, -0.15) is 18.2 Å². The van der Waals surface area contributed by atoms with Crippen LogP contribution in [0.1, 0.15) is 36.8 Å². The maximum atomic E-state index is 12.7. The molecule has 2 N–H and O–H groups in total. The molecule has 1 amide bonds. The minimum absolute atomic E-state index is 0.0600. The van der Waals surface area contributed by atoms with E-state index in [1.54, 1.807) is 0 Å². The van der Waals surface area contributed by atoms with E-state index in [9.17, 15) is 18.0 Å². The van der Waals surface area contributed by atoms with Crippen LogP contribution < -0.4 is 15.5 Å². The second-order valence-electron chi connectivity index (χ2n) is 8.89. The first kappa shape index (κ1) is 23.8. The van der Waals surface area contributed by atoms with Gasteiger partial charge in [0, 0.05) is 38.0 Å². The molecule has 0 atom stereocenters. The van der Waals surface area contributed by atoms with Crippen molar-refractivity contribution in [1.82, 2.24) is 15.3 Å². The van der Waals surface area contributed by atoms with Gasteiger partial charge in [0.05, 0.1) is 11.1 Å². The lowest BCUT2D eigenvalue weighted by molar-refractivity contribution is -0.137. The molecule has 1 heterocycles. The van der Waals surface area contributed by atoms with Gasteiger partial charge in [-0.3, -0.25) is 4.79 Å². The molecule has 4 rings (SSSR count). The average molecular weight is 472 g/mol. The number of nitrogens with zero attached hydrogens (tertiary/aromatic N) is 3. The van der Waals surface area contributed by atoms with Crippen LogP contribution in [0.4, 0.5) is 24.9 Å². The number of anilines is 2. The SMILES string of the molecule is CN(C)c1nc(NC2CCC(C(=O)NCc3ccc(C(F)(F)F)cc3)CC2)nc2ccccc12. The molecule has 1 aliphatic rings. The highest BCUT2D eigenvalue weighted by Gasteiger charge is 2.30. The summed E-state index contributed by atoms with van der Waals surface area (Å²) in [6, 6.07) is 12.9. The molecule has 3 aromatic rings. The van der Waals surface area contributed by atoms with Crippen molar-refractivity contribution >= 4 is 28.6 Å². The Hall–Kier alpha value is -3.36. The van der Waals surface area contributed by atoms with Crippen LogP contribution in [-0.2, 0) is 17.5 Å². The molecule has 0 unspecified atom stereocenters. The van der Waals surface area contributed by atoms with E-state index in [0.29, 0.717) is 11.5 Å². The van der Waals surface area contributed by atoms with Crippen molar-refractivity contribution in [3.63, 3.8) is 0 Å². The van der Waals surface area contributed by atoms with E-state index in [4.69, 9.17) is 0 Å². The molecular formula is C25H28F3N5O. The van der Waals surface area contributed by atoms with E-state index >= 15 is 0 Å². The largest absolute Gasteiger partial charge is 0.416 e. The number of aromatic nitrogens is 2. The standard InChI is InChI=1S/C25H28F3N5O/c1-33(2)22-20-5-3-4-6-21(20)31-24(32-22)30-19-13-9-17(10-14-19)23(34)29-15-16-7-11-18(12-8-16)25(26,27)28/h3-8,11-12,17,19H,9-10,13-15H2,1-2H3,(H,29,34)(H,30,31,32). The summed E-state index contributed by atoms with van der Waals surface area (Å²) >= 11 is 0. The number of benzene rings is 2. The Labute approximate surface area is 196 Å². The number of rotatable bonds is 6. The summed E-state index contributed by atoms with van der Waals surface area (Å²) in [6.45, 7) is 0.216. The fourth-order valence-electron chi connectivity index (χ4n) is 4.29. The number of para-hydroxylation sites is 1. The van der Waals surface area contributed by atoms with Crippen molar-refractivity contribution < 1.29 is 18.0 Å². The highest BCUT2D eigenvalue weighted by atomic mass is 19.4. The molecule has 9 heteroatoms. The number of halogens is 3. The lowest BCUT2D eigenvalue weighted by Crippen LogP contribution is -2.36. The molecule has 1 aromatic heterocycles. The van der Waals surface area contributed by atoms with Crippen molar-refractivity contribution in [2.24, 2.45) is 5.92 Å². The van der Waals surface area contributed by atoms with Gasteiger partial charge < -0.3 is 15.5 Å². The van der Waals surface area contributed by atoms with E-state index in [-0.39, 0.29) is 24.4 Å². The number of carbonyl (C=O) groups is 1. The van der Waals surface area contributed by atoms with Gasteiger partial charge in [0.25, 0.3) is 0 Å². The van der Waals surface area contributed by atoms with E-state index < -0.39 is 11.7 Å². The molecule has 1 fully saturated rings. The zero-order chi connectivity index (χ0) is 24.3. The fourth-order valence-corrected chi connectivity index (χ4v) is 4.29. The molecular weight excluding hydrogens is 443 g/mol. The second-order valence-corrected chi connectivity index (χ2v) is 8.89. The van der Waals surface area contributed by atoms with Gasteiger partial charge in [-0.1, -0.05) is 24.3 Å². The molecule has 34 heavy (non-hydrogen) atoms. The first-order valence-corrected chi connectivity index (χ1v) is 11.3. The fraction of sp³-hybridized carbons (Fsp3) is 0.400. The zero-order valence-electron chi connectivity index (χ0n) is 19.2. The van der Waals surface area contributed by atoms with Gasteiger partial charge >= 0.3 is 6.18 Å². The lowest BCUT2D eigenvalue weighted by atomic mass is 9.85. The van der Waals surface area contributed by atoms with Crippen LogP contribution in [0.25, 0.3) is 10.9 Å². The quantitative estimate of drug-likeness (QED) is 0.529. The van der Waals surface area contributed by atoms with Crippen LogP contribution in [-0.4, -0.2) is 36.0 Å². The Bertz CT molecular complexity index is 1140. The zero-order valence-corrected chi connectivity index (χ0v) is 19.2. The van der Waals surface area contributed by atoms with Crippen LogP contribution in [0.3, 0.4) is 0 Å². The topological polar surface area (TPSA) is 70.2 Å². The minimum atomic E-state index is -4.36. The maximum absolute atomic E-state index is 12.7. The third-order valence-electron chi connectivity index (χ3n) is 6.19. The van der Waals surface area contributed by atoms with Crippen molar-refractivity contribution in [2.75, 3.05) is 24.3 Å². The van der Waals surface area contributed by atoms with Crippen molar-refractivity contribution in [3.05, 3.63) is 59.7 Å². The van der Waals surface area contributed by atoms with Gasteiger partial charge in [-0.25, -0.2) is 4.98 Å². The van der Waals surface area contributed by atoms with Gasteiger partial charge in [0.15, 0.2) is 0 Å². The molecule has 0 aliphatic heterocycles. The third kappa shape index (κ3) is 5.58. The molecule has 0 spiro atoms. The highest BCUT2D eigenvalue weighted by Crippen LogP contribution is 2.30. The van der Waals surface area contributed by atoms with E-state index in [2.05, 4.69) is 20.6 Å². The predicted molar refractivity (Wildman–Crippen MR) is 127 cm³/mol. The molecule has 2 aromatic carbocycles. The third-order valence-corrected chi connectivity index (χ3v) is 6.19. The van der Waals surface area contributed by atoms with Crippen molar-refractivity contribution in [1.29, 1.82) is 0 Å². The average Bonchev–Trinajstić information content (AvgIpc) is 2.82. The Kier molecular flexibility index (Phi) is 6.90. The summed E-state index contributed by atoms with van der Waals surface area (Å²) in [5, 5.41) is 7.28. The minimum Gasteiger partial charge on any atom is -0.362 e. The number of nitrogens with one attached hydrogen (secondary N) is 2. The van der Waals surface area contributed by atoms with Crippen LogP contribution in [0, 0.1) is 5.92 Å². The summed E-state index contributed by atoms with van der Waals surface area (Å²) in [5.41, 5.74) is 0.823. The van der Waals surface area contributed by atoms with Crippen LogP contribution in [0.15, 0.2) is 48.5 Å². The second kappa shape index (κ2) is 9.87. The van der Waals surface area contributed by atoms with E-state index in [1.165, 1.54) is 12.1 Å². The van der Waals surface area contributed by atoms with Crippen LogP contribution in [0.2, 0.25) is 0 Å². The number of fused-ring (bicyclic) bond motifs is 1. The summed E-state index contributed by atoms with van der Waals surface area (Å²) in [4.78, 5) is 23.9. The van der Waals surface area contributed by atoms with Gasteiger partial charge in [0.2, 0.25) is 11.9 Å². The van der Waals surface area contributed by atoms with Gasteiger partial charge in [-0.15, -0.1) is 0 Å². The Morgan fingerprint density at radius 2 is 1.68 bits per heavy atom. The number of hydrogen-bond acceptors (Lipinski definition) is 5. The van der Waals surface area contributed by atoms with E-state index in [1.807, 2.05) is 43.3 Å². The normalized spacial score (nSPS) is 18.5. The monoisotopic (exact) mass is 471 g/mol. The molecule has 0 bridgehead atoms. The van der Waals surface area contributed by atoms with E-state index in [0.717, 1.165) is 54.5 Å². The molecule has 180 valence electrons. The molecule has 6 nitrogen and oxygen atoms in total. The smallest absolute Gasteiger partial charge is 0.362 e. The first-order valence-electron chi connectivity index (χ1n) is 11.3. The maximum Gasteiger partial charge on any atom is 0.416 e. The molecule has 1 saturated carbocycles. The summed E-state index contributed by atoms with van der Waals surface area (Å²) in [5.74, 6) is 1.26. The first-order chi connectivity index (χ1) is 16.2. The summed E-state index contributed by atoms with van der Waals surface area (Å²) < 4.78 is 38.1. The van der Waals surface area contributed by atoms with Crippen LogP contribution >= 0.6 is 0 Å². The Balaban J connectivity index is 1.30. The van der Waals surface area contributed by atoms with Gasteiger partial charge in [-0.05, 0) is 55.5 Å². The number of carbonyl (C=O) groups excluding carboxylic acids is 1. The van der Waals surface area contributed by atoms with Crippen molar-refractivity contribution in [2.45, 2.75) is 44.4 Å². The van der Waals surface area contributed by atoms with Crippen molar-refractivity contribution in [3.8, 4) is 0 Å². The highest BCUT2D eigenvalue weighted by molar-refractivity contribution is 5.90. The van der Waals surface area contributed by atoms with Crippen LogP contribution in [0.5, 0.6) is 0 Å². The number of alkyl halides is 3. The Morgan fingerprint density at radius 3 is 2.32 bits per heavy atom. The molecule has 0 radical (unpaired) electrons. The Morgan fingerprint density at radius 1 is 1.00 bits per heavy atom. The summed E-state index contributed by atoms with van der Waals surface area (Å²) in [6.07, 6.45) is -1.28. The van der Waals surface area contributed by atoms with Gasteiger partial charge in [0.1, 0.15) is 5.82 Å². The number of amides is 1. The molecule has 0 saturated heterocycles. The predicted octanol–water partition coefficient (Wildman–Crippen LogP) is 5.00. The molecule has 1 aliphatic carbocycles. The lowest BCUT2D eigenvalue weighted by Gasteiger charge is -2.28. The number of hydrogen-bond donors (Lipinski definition) is 2.